The quantitative estimate of drug-likeness (QED) is 0.883. The van der Waals surface area contributed by atoms with E-state index in [1.165, 1.54) is 18.3 Å². The fraction of sp³-hybridized carbons (Fsp3) is 0. The van der Waals surface area contributed by atoms with E-state index in [1.54, 1.807) is 11.4 Å². The average molecular weight is 300 g/mol. The number of sulfonamides is 1. The molecule has 2 rings (SSSR count). The number of hydrogen-bond donors (Lipinski definition) is 1. The fourth-order valence-corrected chi connectivity index (χ4v) is 3.53. The molecular formula is C10H6ClN3O2S2. The Hall–Kier alpha value is -1.62. The second-order valence-corrected chi connectivity index (χ2v) is 6.18. The third-order valence-corrected chi connectivity index (χ3v) is 4.53. The van der Waals surface area contributed by atoms with Crippen molar-refractivity contribution in [2.75, 3.05) is 4.72 Å². The lowest BCUT2D eigenvalue weighted by atomic mass is 10.4. The highest BCUT2D eigenvalue weighted by atomic mass is 35.5. The smallest absolute Gasteiger partial charge is 0.262 e. The van der Waals surface area contributed by atoms with Crippen molar-refractivity contribution in [3.05, 3.63) is 40.5 Å². The standard InChI is InChI=1S/C10H6ClN3O2S2/c11-9-5-8(1-3-13-9)18(15,16)14-10-7(6-12)2-4-17-10/h1-5,14H. The summed E-state index contributed by atoms with van der Waals surface area (Å²) >= 11 is 6.78. The molecule has 0 radical (unpaired) electrons. The summed E-state index contributed by atoms with van der Waals surface area (Å²) in [6, 6.07) is 6.02. The minimum absolute atomic E-state index is 0.000195. The molecule has 0 aliphatic rings. The molecule has 0 spiro atoms. The van der Waals surface area contributed by atoms with Gasteiger partial charge < -0.3 is 0 Å². The first-order chi connectivity index (χ1) is 8.53. The van der Waals surface area contributed by atoms with Crippen LogP contribution in [0.2, 0.25) is 5.15 Å². The Labute approximate surface area is 113 Å². The van der Waals surface area contributed by atoms with Gasteiger partial charge in [-0.2, -0.15) is 5.26 Å². The Morgan fingerprint density at radius 3 is 2.89 bits per heavy atom. The number of rotatable bonds is 3. The van der Waals surface area contributed by atoms with E-state index >= 15 is 0 Å². The summed E-state index contributed by atoms with van der Waals surface area (Å²) in [5, 5.41) is 10.8. The first kappa shape index (κ1) is 12.8. The van der Waals surface area contributed by atoms with Crippen LogP contribution in [0.15, 0.2) is 34.7 Å². The molecule has 0 saturated carbocycles. The van der Waals surface area contributed by atoms with Crippen molar-refractivity contribution in [1.82, 2.24) is 4.98 Å². The Bertz CT molecular complexity index is 719. The maximum absolute atomic E-state index is 12.0. The molecule has 0 amide bonds. The Morgan fingerprint density at radius 1 is 1.44 bits per heavy atom. The van der Waals surface area contributed by atoms with Gasteiger partial charge in [-0.3, -0.25) is 4.72 Å². The minimum Gasteiger partial charge on any atom is -0.269 e. The van der Waals surface area contributed by atoms with Crippen LogP contribution in [-0.4, -0.2) is 13.4 Å². The number of thiophene rings is 1. The van der Waals surface area contributed by atoms with Crippen molar-refractivity contribution in [3.63, 3.8) is 0 Å². The van der Waals surface area contributed by atoms with Gasteiger partial charge in [0.25, 0.3) is 10.0 Å². The SMILES string of the molecule is N#Cc1ccsc1NS(=O)(=O)c1ccnc(Cl)c1. The predicted octanol–water partition coefficient (Wildman–Crippen LogP) is 2.47. The van der Waals surface area contributed by atoms with E-state index in [0.717, 1.165) is 11.3 Å². The number of nitriles is 1. The zero-order valence-electron chi connectivity index (χ0n) is 8.79. The minimum atomic E-state index is -3.75. The highest BCUT2D eigenvalue weighted by Gasteiger charge is 2.17. The molecule has 0 aromatic carbocycles. The Morgan fingerprint density at radius 2 is 2.22 bits per heavy atom. The van der Waals surface area contributed by atoms with E-state index in [9.17, 15) is 8.42 Å². The lowest BCUT2D eigenvalue weighted by Crippen LogP contribution is -2.12. The molecule has 2 aromatic rings. The van der Waals surface area contributed by atoms with Gasteiger partial charge in [0.15, 0.2) is 0 Å². The van der Waals surface area contributed by atoms with Crippen LogP contribution in [0.3, 0.4) is 0 Å². The summed E-state index contributed by atoms with van der Waals surface area (Å²) < 4.78 is 26.4. The van der Waals surface area contributed by atoms with E-state index in [-0.39, 0.29) is 20.6 Å². The van der Waals surface area contributed by atoms with Crippen LogP contribution in [0.25, 0.3) is 0 Å². The molecular weight excluding hydrogens is 294 g/mol. The molecule has 5 nitrogen and oxygen atoms in total. The monoisotopic (exact) mass is 299 g/mol. The van der Waals surface area contributed by atoms with Crippen molar-refractivity contribution in [1.29, 1.82) is 5.26 Å². The number of anilines is 1. The van der Waals surface area contributed by atoms with Gasteiger partial charge in [0.05, 0.1) is 10.5 Å². The molecule has 0 atom stereocenters. The molecule has 0 fully saturated rings. The van der Waals surface area contributed by atoms with Gasteiger partial charge in [0.1, 0.15) is 16.2 Å². The van der Waals surface area contributed by atoms with Crippen LogP contribution < -0.4 is 4.72 Å². The van der Waals surface area contributed by atoms with E-state index in [2.05, 4.69) is 9.71 Å². The third kappa shape index (κ3) is 2.61. The van der Waals surface area contributed by atoms with Crippen LogP contribution in [0.1, 0.15) is 5.56 Å². The normalized spacial score (nSPS) is 10.9. The lowest BCUT2D eigenvalue weighted by Gasteiger charge is -2.06. The molecule has 0 aliphatic heterocycles. The van der Waals surface area contributed by atoms with Crippen LogP contribution >= 0.6 is 22.9 Å². The van der Waals surface area contributed by atoms with Gasteiger partial charge in [0, 0.05) is 6.20 Å². The van der Waals surface area contributed by atoms with E-state index in [0.29, 0.717) is 0 Å². The van der Waals surface area contributed by atoms with Crippen LogP contribution in [0.5, 0.6) is 0 Å². The fourth-order valence-electron chi connectivity index (χ4n) is 1.21. The molecule has 0 unspecified atom stereocenters. The summed E-state index contributed by atoms with van der Waals surface area (Å²) in [5.74, 6) is 0. The molecule has 2 aromatic heterocycles. The predicted molar refractivity (Wildman–Crippen MR) is 69.1 cm³/mol. The maximum atomic E-state index is 12.0. The van der Waals surface area contributed by atoms with E-state index < -0.39 is 10.0 Å². The number of halogens is 1. The van der Waals surface area contributed by atoms with Crippen molar-refractivity contribution >= 4 is 38.0 Å². The second kappa shape index (κ2) is 4.94. The number of aromatic nitrogens is 1. The Kier molecular flexibility index (Phi) is 3.52. The van der Waals surface area contributed by atoms with Gasteiger partial charge in [-0.15, -0.1) is 11.3 Å². The molecule has 18 heavy (non-hydrogen) atoms. The molecule has 92 valence electrons. The van der Waals surface area contributed by atoms with Gasteiger partial charge in [-0.1, -0.05) is 11.6 Å². The van der Waals surface area contributed by atoms with Gasteiger partial charge in [0.2, 0.25) is 0 Å². The lowest BCUT2D eigenvalue weighted by molar-refractivity contribution is 0.601. The summed E-state index contributed by atoms with van der Waals surface area (Å²) in [6.07, 6.45) is 1.30. The van der Waals surface area contributed by atoms with Crippen LogP contribution in [-0.2, 0) is 10.0 Å². The zero-order chi connectivity index (χ0) is 13.2. The zero-order valence-corrected chi connectivity index (χ0v) is 11.2. The molecule has 0 bridgehead atoms. The summed E-state index contributed by atoms with van der Waals surface area (Å²) in [6.45, 7) is 0. The first-order valence-electron chi connectivity index (χ1n) is 4.65. The number of pyridine rings is 1. The van der Waals surface area contributed by atoms with Gasteiger partial charge in [-0.25, -0.2) is 13.4 Å². The molecule has 8 heteroatoms. The van der Waals surface area contributed by atoms with Gasteiger partial charge >= 0.3 is 0 Å². The maximum Gasteiger partial charge on any atom is 0.262 e. The highest BCUT2D eigenvalue weighted by molar-refractivity contribution is 7.93. The molecule has 0 aliphatic carbocycles. The summed E-state index contributed by atoms with van der Waals surface area (Å²) in [7, 11) is -3.75. The van der Waals surface area contributed by atoms with Gasteiger partial charge in [-0.05, 0) is 23.6 Å². The van der Waals surface area contributed by atoms with E-state index in [1.807, 2.05) is 6.07 Å². The number of hydrogen-bond acceptors (Lipinski definition) is 5. The molecule has 2 heterocycles. The third-order valence-electron chi connectivity index (χ3n) is 2.02. The molecule has 0 saturated heterocycles. The van der Waals surface area contributed by atoms with Crippen molar-refractivity contribution in [2.45, 2.75) is 4.90 Å². The summed E-state index contributed by atoms with van der Waals surface area (Å²) in [4.78, 5) is 3.71. The van der Waals surface area contributed by atoms with Crippen molar-refractivity contribution < 1.29 is 8.42 Å². The highest BCUT2D eigenvalue weighted by Crippen LogP contribution is 2.25. The van der Waals surface area contributed by atoms with Crippen LogP contribution in [0, 0.1) is 11.3 Å². The van der Waals surface area contributed by atoms with Crippen molar-refractivity contribution in [3.8, 4) is 6.07 Å². The number of nitrogens with zero attached hydrogens (tertiary/aromatic N) is 2. The first-order valence-corrected chi connectivity index (χ1v) is 7.39. The van der Waals surface area contributed by atoms with Crippen LogP contribution in [0.4, 0.5) is 5.00 Å². The topological polar surface area (TPSA) is 82.9 Å². The largest absolute Gasteiger partial charge is 0.269 e. The Balaban J connectivity index is 2.37. The second-order valence-electron chi connectivity index (χ2n) is 3.19. The summed E-state index contributed by atoms with van der Waals surface area (Å²) in [5.41, 5.74) is 0.281. The average Bonchev–Trinajstić information content (AvgIpc) is 2.75. The van der Waals surface area contributed by atoms with E-state index in [4.69, 9.17) is 16.9 Å². The molecule has 1 N–H and O–H groups in total. The number of nitrogens with one attached hydrogen (secondary N) is 1. The van der Waals surface area contributed by atoms with Crippen molar-refractivity contribution in [2.24, 2.45) is 0 Å².